The van der Waals surface area contributed by atoms with Gasteiger partial charge in [0.1, 0.15) is 11.6 Å². The third-order valence-corrected chi connectivity index (χ3v) is 3.20. The summed E-state index contributed by atoms with van der Waals surface area (Å²) >= 11 is 3.22. The van der Waals surface area contributed by atoms with Crippen LogP contribution >= 0.6 is 15.9 Å². The number of ether oxygens (including phenoxy) is 1. The van der Waals surface area contributed by atoms with Crippen LogP contribution in [0.5, 0.6) is 5.75 Å². The van der Waals surface area contributed by atoms with Crippen LogP contribution in [0.1, 0.15) is 10.4 Å². The molecule has 1 amide bonds. The van der Waals surface area contributed by atoms with E-state index in [1.807, 2.05) is 0 Å². The van der Waals surface area contributed by atoms with Gasteiger partial charge in [-0.15, -0.1) is 0 Å². The molecule has 0 aromatic heterocycles. The molecule has 6 heteroatoms. The Kier molecular flexibility index (Phi) is 4.24. The van der Waals surface area contributed by atoms with E-state index in [9.17, 15) is 9.18 Å². The third-order valence-electron chi connectivity index (χ3n) is 2.71. The van der Waals surface area contributed by atoms with E-state index < -0.39 is 11.7 Å². The first-order valence-corrected chi connectivity index (χ1v) is 6.51. The van der Waals surface area contributed by atoms with Crippen LogP contribution < -0.4 is 15.8 Å². The van der Waals surface area contributed by atoms with Crippen molar-refractivity contribution in [3.05, 3.63) is 52.3 Å². The van der Waals surface area contributed by atoms with E-state index in [1.165, 1.54) is 19.2 Å². The van der Waals surface area contributed by atoms with Gasteiger partial charge in [0.2, 0.25) is 0 Å². The van der Waals surface area contributed by atoms with Crippen LogP contribution in [0.2, 0.25) is 0 Å². The molecule has 0 radical (unpaired) electrons. The van der Waals surface area contributed by atoms with Crippen molar-refractivity contribution in [2.75, 3.05) is 18.2 Å². The third kappa shape index (κ3) is 2.91. The normalized spacial score (nSPS) is 10.2. The van der Waals surface area contributed by atoms with Gasteiger partial charge in [-0.3, -0.25) is 4.79 Å². The number of rotatable bonds is 3. The first-order valence-electron chi connectivity index (χ1n) is 5.72. The van der Waals surface area contributed by atoms with Crippen molar-refractivity contribution in [1.29, 1.82) is 0 Å². The van der Waals surface area contributed by atoms with Gasteiger partial charge in [-0.1, -0.05) is 22.0 Å². The van der Waals surface area contributed by atoms with E-state index in [1.54, 1.807) is 24.3 Å². The number of halogens is 2. The van der Waals surface area contributed by atoms with Crippen molar-refractivity contribution in [2.24, 2.45) is 0 Å². The van der Waals surface area contributed by atoms with Crippen molar-refractivity contribution >= 4 is 33.2 Å². The highest BCUT2D eigenvalue weighted by molar-refractivity contribution is 9.10. The minimum atomic E-state index is -0.525. The molecular weight excluding hydrogens is 327 g/mol. The van der Waals surface area contributed by atoms with Gasteiger partial charge in [-0.2, -0.15) is 0 Å². The van der Waals surface area contributed by atoms with E-state index in [4.69, 9.17) is 10.5 Å². The Labute approximate surface area is 123 Å². The largest absolute Gasteiger partial charge is 0.495 e. The van der Waals surface area contributed by atoms with Gasteiger partial charge in [0.15, 0.2) is 0 Å². The standard InChI is InChI=1S/C14H12BrFN2O2/c1-20-12-4-2-3-9(13(12)17)14(19)18-11-7-8(15)5-6-10(11)16/h2-7H,17H2,1H3,(H,18,19). The van der Waals surface area contributed by atoms with Crippen LogP contribution in [-0.2, 0) is 0 Å². The van der Waals surface area contributed by atoms with Gasteiger partial charge < -0.3 is 15.8 Å². The summed E-state index contributed by atoms with van der Waals surface area (Å²) in [7, 11) is 1.46. The van der Waals surface area contributed by atoms with Crippen LogP contribution in [0, 0.1) is 5.82 Å². The van der Waals surface area contributed by atoms with Crippen LogP contribution in [-0.4, -0.2) is 13.0 Å². The van der Waals surface area contributed by atoms with Gasteiger partial charge in [-0.25, -0.2) is 4.39 Å². The summed E-state index contributed by atoms with van der Waals surface area (Å²) in [5.74, 6) is -0.631. The maximum absolute atomic E-state index is 13.6. The molecule has 4 nitrogen and oxygen atoms in total. The molecule has 0 heterocycles. The molecule has 3 N–H and O–H groups in total. The number of methoxy groups -OCH3 is 1. The zero-order valence-corrected chi connectivity index (χ0v) is 12.2. The Bertz CT molecular complexity index is 662. The number of nitrogens with one attached hydrogen (secondary N) is 1. The number of benzene rings is 2. The van der Waals surface area contributed by atoms with Gasteiger partial charge in [0.05, 0.1) is 24.0 Å². The summed E-state index contributed by atoms with van der Waals surface area (Å²) in [5, 5.41) is 2.48. The second-order valence-corrected chi connectivity index (χ2v) is 4.92. The number of nitrogen functional groups attached to an aromatic ring is 1. The molecule has 0 aliphatic rings. The lowest BCUT2D eigenvalue weighted by Gasteiger charge is -2.11. The molecule has 0 saturated heterocycles. The molecule has 0 atom stereocenters. The lowest BCUT2D eigenvalue weighted by Crippen LogP contribution is -2.15. The first-order chi connectivity index (χ1) is 9.52. The van der Waals surface area contributed by atoms with Crippen molar-refractivity contribution in [1.82, 2.24) is 0 Å². The smallest absolute Gasteiger partial charge is 0.257 e. The van der Waals surface area contributed by atoms with Crippen molar-refractivity contribution in [3.63, 3.8) is 0 Å². The summed E-state index contributed by atoms with van der Waals surface area (Å²) in [4.78, 5) is 12.1. The van der Waals surface area contributed by atoms with E-state index in [0.717, 1.165) is 0 Å². The molecule has 2 rings (SSSR count). The zero-order valence-electron chi connectivity index (χ0n) is 10.6. The van der Waals surface area contributed by atoms with Crippen molar-refractivity contribution in [3.8, 4) is 5.75 Å². The predicted molar refractivity (Wildman–Crippen MR) is 79.5 cm³/mol. The fourth-order valence-electron chi connectivity index (χ4n) is 1.70. The Morgan fingerprint density at radius 3 is 2.80 bits per heavy atom. The van der Waals surface area contributed by atoms with Crippen LogP contribution in [0.15, 0.2) is 40.9 Å². The van der Waals surface area contributed by atoms with Gasteiger partial charge in [0.25, 0.3) is 5.91 Å². The SMILES string of the molecule is COc1cccc(C(=O)Nc2cc(Br)ccc2F)c1N. The number of carbonyl (C=O) groups excluding carboxylic acids is 1. The fraction of sp³-hybridized carbons (Fsp3) is 0.0714. The van der Waals surface area contributed by atoms with Gasteiger partial charge in [-0.05, 0) is 30.3 Å². The van der Waals surface area contributed by atoms with Gasteiger partial charge in [0, 0.05) is 4.47 Å². The minimum absolute atomic E-state index is 0.0756. The Morgan fingerprint density at radius 1 is 1.35 bits per heavy atom. The highest BCUT2D eigenvalue weighted by Crippen LogP contribution is 2.26. The zero-order chi connectivity index (χ0) is 14.7. The minimum Gasteiger partial charge on any atom is -0.495 e. The number of anilines is 2. The highest BCUT2D eigenvalue weighted by atomic mass is 79.9. The Balaban J connectivity index is 2.31. The molecule has 0 aliphatic carbocycles. The number of nitrogens with two attached hydrogens (primary N) is 1. The molecule has 2 aromatic carbocycles. The van der Waals surface area contributed by atoms with Crippen molar-refractivity contribution < 1.29 is 13.9 Å². The van der Waals surface area contributed by atoms with Crippen LogP contribution in [0.3, 0.4) is 0 Å². The van der Waals surface area contributed by atoms with Gasteiger partial charge >= 0.3 is 0 Å². The molecule has 20 heavy (non-hydrogen) atoms. The summed E-state index contributed by atoms with van der Waals surface area (Å²) in [6, 6.07) is 9.11. The predicted octanol–water partition coefficient (Wildman–Crippen LogP) is 3.43. The maximum Gasteiger partial charge on any atom is 0.257 e. The first kappa shape index (κ1) is 14.3. The molecular formula is C14H12BrFN2O2. The summed E-state index contributed by atoms with van der Waals surface area (Å²) in [6.45, 7) is 0. The number of para-hydroxylation sites is 1. The van der Waals surface area contributed by atoms with E-state index in [0.29, 0.717) is 10.2 Å². The Hall–Kier alpha value is -2.08. The second kappa shape index (κ2) is 5.92. The number of amides is 1. The number of hydrogen-bond acceptors (Lipinski definition) is 3. The van der Waals surface area contributed by atoms with Crippen LogP contribution in [0.4, 0.5) is 15.8 Å². The summed E-state index contributed by atoms with van der Waals surface area (Å²) in [6.07, 6.45) is 0. The number of carbonyl (C=O) groups is 1. The molecule has 2 aromatic rings. The van der Waals surface area contributed by atoms with E-state index >= 15 is 0 Å². The highest BCUT2D eigenvalue weighted by Gasteiger charge is 2.14. The molecule has 0 bridgehead atoms. The molecule has 0 aliphatic heterocycles. The maximum atomic E-state index is 13.6. The van der Waals surface area contributed by atoms with Crippen molar-refractivity contribution in [2.45, 2.75) is 0 Å². The lowest BCUT2D eigenvalue weighted by atomic mass is 10.1. The topological polar surface area (TPSA) is 64.3 Å². The quantitative estimate of drug-likeness (QED) is 0.842. The lowest BCUT2D eigenvalue weighted by molar-refractivity contribution is 0.102. The molecule has 0 unspecified atom stereocenters. The van der Waals surface area contributed by atoms with Crippen LogP contribution in [0.25, 0.3) is 0 Å². The second-order valence-electron chi connectivity index (χ2n) is 4.00. The summed E-state index contributed by atoms with van der Waals surface area (Å²) < 4.78 is 19.3. The average molecular weight is 339 g/mol. The van der Waals surface area contributed by atoms with E-state index in [-0.39, 0.29) is 16.9 Å². The molecule has 104 valence electrons. The average Bonchev–Trinajstić information content (AvgIpc) is 2.43. The molecule has 0 saturated carbocycles. The fourth-order valence-corrected chi connectivity index (χ4v) is 2.06. The monoisotopic (exact) mass is 338 g/mol. The number of hydrogen-bond donors (Lipinski definition) is 2. The van der Waals surface area contributed by atoms with E-state index in [2.05, 4.69) is 21.2 Å². The summed E-state index contributed by atoms with van der Waals surface area (Å²) in [5.41, 5.74) is 6.34. The molecule has 0 spiro atoms. The molecule has 0 fully saturated rings. The Morgan fingerprint density at radius 2 is 2.10 bits per heavy atom.